The van der Waals surface area contributed by atoms with Crippen LogP contribution in [-0.4, -0.2) is 36.3 Å². The summed E-state index contributed by atoms with van der Waals surface area (Å²) in [4.78, 5) is 14.7. The van der Waals surface area contributed by atoms with Crippen LogP contribution in [0.25, 0.3) is 0 Å². The summed E-state index contributed by atoms with van der Waals surface area (Å²) < 4.78 is 5.24. The van der Waals surface area contributed by atoms with E-state index in [4.69, 9.17) is 4.74 Å². The lowest BCUT2D eigenvalue weighted by Crippen LogP contribution is -2.21. The van der Waals surface area contributed by atoms with Gasteiger partial charge in [0.05, 0.1) is 12.8 Å². The standard InChI is InChI=1S/C22H25N5O2/c1-4-27(5-2)17-12-10-16(11-13-17)23-21-15-14-19(25-26-21)22(28)24-18-8-6-7-9-20(18)29-3/h6-15H,4-5H2,1-3H3,(H,23,26)(H,24,28). The molecule has 0 aliphatic carbocycles. The van der Waals surface area contributed by atoms with Crippen LogP contribution in [0.15, 0.2) is 60.7 Å². The van der Waals surface area contributed by atoms with Gasteiger partial charge in [0.15, 0.2) is 11.5 Å². The van der Waals surface area contributed by atoms with Gasteiger partial charge in [-0.3, -0.25) is 4.79 Å². The number of amides is 1. The summed E-state index contributed by atoms with van der Waals surface area (Å²) in [6, 6.07) is 18.7. The van der Waals surface area contributed by atoms with E-state index in [1.165, 1.54) is 5.69 Å². The smallest absolute Gasteiger partial charge is 0.276 e. The van der Waals surface area contributed by atoms with Gasteiger partial charge >= 0.3 is 0 Å². The Morgan fingerprint density at radius 2 is 1.69 bits per heavy atom. The average Bonchev–Trinajstić information content (AvgIpc) is 2.76. The number of carbonyl (C=O) groups is 1. The van der Waals surface area contributed by atoms with Crippen molar-refractivity contribution in [3.63, 3.8) is 0 Å². The number of rotatable bonds is 8. The number of hydrogen-bond donors (Lipinski definition) is 2. The summed E-state index contributed by atoms with van der Waals surface area (Å²) >= 11 is 0. The van der Waals surface area contributed by atoms with Gasteiger partial charge in [-0.05, 0) is 62.4 Å². The minimum absolute atomic E-state index is 0.221. The van der Waals surface area contributed by atoms with Crippen LogP contribution in [0.2, 0.25) is 0 Å². The molecule has 1 heterocycles. The minimum atomic E-state index is -0.350. The molecule has 0 unspecified atom stereocenters. The molecule has 29 heavy (non-hydrogen) atoms. The van der Waals surface area contributed by atoms with Gasteiger partial charge in [-0.15, -0.1) is 10.2 Å². The van der Waals surface area contributed by atoms with Crippen molar-refractivity contribution in [2.24, 2.45) is 0 Å². The van der Waals surface area contributed by atoms with Crippen LogP contribution in [0.5, 0.6) is 5.75 Å². The first-order valence-corrected chi connectivity index (χ1v) is 9.54. The minimum Gasteiger partial charge on any atom is -0.495 e. The van der Waals surface area contributed by atoms with Crippen LogP contribution in [-0.2, 0) is 0 Å². The summed E-state index contributed by atoms with van der Waals surface area (Å²) in [6.07, 6.45) is 0. The number of aromatic nitrogens is 2. The lowest BCUT2D eigenvalue weighted by molar-refractivity contribution is 0.102. The van der Waals surface area contributed by atoms with Crippen molar-refractivity contribution in [3.8, 4) is 5.75 Å². The van der Waals surface area contributed by atoms with Crippen LogP contribution in [0.3, 0.4) is 0 Å². The van der Waals surface area contributed by atoms with Gasteiger partial charge in [0, 0.05) is 24.5 Å². The lowest BCUT2D eigenvalue weighted by atomic mass is 10.2. The van der Waals surface area contributed by atoms with Crippen molar-refractivity contribution in [2.45, 2.75) is 13.8 Å². The number of benzene rings is 2. The van der Waals surface area contributed by atoms with Gasteiger partial charge in [-0.25, -0.2) is 0 Å². The third-order valence-corrected chi connectivity index (χ3v) is 4.52. The van der Waals surface area contributed by atoms with E-state index in [-0.39, 0.29) is 11.6 Å². The fourth-order valence-corrected chi connectivity index (χ4v) is 2.95. The van der Waals surface area contributed by atoms with E-state index >= 15 is 0 Å². The third-order valence-electron chi connectivity index (χ3n) is 4.52. The second-order valence-electron chi connectivity index (χ2n) is 6.30. The van der Waals surface area contributed by atoms with E-state index < -0.39 is 0 Å². The molecule has 0 aliphatic heterocycles. The van der Waals surface area contributed by atoms with Crippen molar-refractivity contribution in [1.82, 2.24) is 10.2 Å². The zero-order valence-electron chi connectivity index (χ0n) is 16.8. The zero-order chi connectivity index (χ0) is 20.6. The maximum atomic E-state index is 12.4. The van der Waals surface area contributed by atoms with Crippen molar-refractivity contribution in [2.75, 3.05) is 35.7 Å². The van der Waals surface area contributed by atoms with Crippen LogP contribution < -0.4 is 20.3 Å². The Morgan fingerprint density at radius 1 is 0.966 bits per heavy atom. The molecule has 0 saturated heterocycles. The molecule has 3 aromatic rings. The van der Waals surface area contributed by atoms with Gasteiger partial charge in [0.2, 0.25) is 0 Å². The molecule has 0 aliphatic rings. The molecule has 3 rings (SSSR count). The molecule has 2 N–H and O–H groups in total. The highest BCUT2D eigenvalue weighted by molar-refractivity contribution is 6.03. The topological polar surface area (TPSA) is 79.4 Å². The predicted octanol–water partition coefficient (Wildman–Crippen LogP) is 4.33. The number of nitrogens with zero attached hydrogens (tertiary/aromatic N) is 3. The average molecular weight is 391 g/mol. The molecule has 0 spiro atoms. The summed E-state index contributed by atoms with van der Waals surface area (Å²) in [5.74, 6) is 0.798. The van der Waals surface area contributed by atoms with Crippen molar-refractivity contribution in [1.29, 1.82) is 0 Å². The molecule has 0 bridgehead atoms. The van der Waals surface area contributed by atoms with Gasteiger partial charge in [0.25, 0.3) is 5.91 Å². The SMILES string of the molecule is CCN(CC)c1ccc(Nc2ccc(C(=O)Nc3ccccc3OC)nn2)cc1. The number of carbonyl (C=O) groups excluding carboxylic acids is 1. The van der Waals surface area contributed by atoms with Gasteiger partial charge < -0.3 is 20.3 Å². The molecular weight excluding hydrogens is 366 g/mol. The number of anilines is 4. The first-order valence-electron chi connectivity index (χ1n) is 9.54. The molecule has 1 amide bonds. The highest BCUT2D eigenvalue weighted by atomic mass is 16.5. The number of para-hydroxylation sites is 2. The van der Waals surface area contributed by atoms with Crippen molar-refractivity contribution < 1.29 is 9.53 Å². The number of methoxy groups -OCH3 is 1. The Balaban J connectivity index is 1.64. The maximum Gasteiger partial charge on any atom is 0.276 e. The molecule has 150 valence electrons. The Hall–Kier alpha value is -3.61. The van der Waals surface area contributed by atoms with Gasteiger partial charge in [-0.1, -0.05) is 12.1 Å². The molecule has 0 radical (unpaired) electrons. The maximum absolute atomic E-state index is 12.4. The van der Waals surface area contributed by atoms with E-state index in [1.807, 2.05) is 24.3 Å². The molecular formula is C22H25N5O2. The third kappa shape index (κ3) is 5.01. The number of nitrogens with one attached hydrogen (secondary N) is 2. The Morgan fingerprint density at radius 3 is 2.31 bits per heavy atom. The van der Waals surface area contributed by atoms with Gasteiger partial charge in [-0.2, -0.15) is 0 Å². The van der Waals surface area contributed by atoms with E-state index in [0.717, 1.165) is 18.8 Å². The van der Waals surface area contributed by atoms with E-state index in [2.05, 4.69) is 51.7 Å². The van der Waals surface area contributed by atoms with E-state index in [0.29, 0.717) is 17.3 Å². The van der Waals surface area contributed by atoms with Crippen LogP contribution in [0.1, 0.15) is 24.3 Å². The van der Waals surface area contributed by atoms with Crippen LogP contribution >= 0.6 is 0 Å². The molecule has 1 aromatic heterocycles. The van der Waals surface area contributed by atoms with Gasteiger partial charge in [0.1, 0.15) is 5.75 Å². The summed E-state index contributed by atoms with van der Waals surface area (Å²) in [5, 5.41) is 14.1. The summed E-state index contributed by atoms with van der Waals surface area (Å²) in [6.45, 7) is 6.20. The summed E-state index contributed by atoms with van der Waals surface area (Å²) in [7, 11) is 1.56. The number of hydrogen-bond acceptors (Lipinski definition) is 6. The molecule has 0 atom stereocenters. The first-order chi connectivity index (χ1) is 14.1. The molecule has 7 heteroatoms. The monoisotopic (exact) mass is 391 g/mol. The van der Waals surface area contributed by atoms with E-state index in [1.54, 1.807) is 31.4 Å². The second kappa shape index (κ2) is 9.54. The molecule has 7 nitrogen and oxygen atoms in total. The Kier molecular flexibility index (Phi) is 6.63. The molecule has 2 aromatic carbocycles. The molecule has 0 fully saturated rings. The fourth-order valence-electron chi connectivity index (χ4n) is 2.95. The largest absolute Gasteiger partial charge is 0.495 e. The Bertz CT molecular complexity index is 938. The normalized spacial score (nSPS) is 10.3. The summed E-state index contributed by atoms with van der Waals surface area (Å²) in [5.41, 5.74) is 2.88. The predicted molar refractivity (Wildman–Crippen MR) is 116 cm³/mol. The van der Waals surface area contributed by atoms with Crippen LogP contribution in [0.4, 0.5) is 22.9 Å². The molecule has 0 saturated carbocycles. The first kappa shape index (κ1) is 20.1. The highest BCUT2D eigenvalue weighted by Gasteiger charge is 2.11. The van der Waals surface area contributed by atoms with Crippen molar-refractivity contribution >= 4 is 28.8 Å². The lowest BCUT2D eigenvalue weighted by Gasteiger charge is -2.21. The van der Waals surface area contributed by atoms with Crippen molar-refractivity contribution in [3.05, 3.63) is 66.4 Å². The fraction of sp³-hybridized carbons (Fsp3) is 0.227. The number of ether oxygens (including phenoxy) is 1. The second-order valence-corrected chi connectivity index (χ2v) is 6.30. The highest BCUT2D eigenvalue weighted by Crippen LogP contribution is 2.24. The van der Waals surface area contributed by atoms with Crippen LogP contribution in [0, 0.1) is 0 Å². The Labute approximate surface area is 170 Å². The zero-order valence-corrected chi connectivity index (χ0v) is 16.8. The quantitative estimate of drug-likeness (QED) is 0.595. The van der Waals surface area contributed by atoms with E-state index in [9.17, 15) is 4.79 Å².